The molecular weight excluding hydrogens is 198 g/mol. The van der Waals surface area contributed by atoms with Crippen molar-refractivity contribution in [3.63, 3.8) is 0 Å². The molecule has 0 rings (SSSR count). The Bertz CT molecular complexity index is 163. The lowest BCUT2D eigenvalue weighted by Gasteiger charge is -2.27. The van der Waals surface area contributed by atoms with Gasteiger partial charge in [-0.25, -0.2) is 0 Å². The average molecular weight is 229 g/mol. The van der Waals surface area contributed by atoms with E-state index in [4.69, 9.17) is 10.5 Å². The van der Waals surface area contributed by atoms with Crippen LogP contribution >= 0.6 is 0 Å². The van der Waals surface area contributed by atoms with Crippen LogP contribution in [-0.4, -0.2) is 19.3 Å². The summed E-state index contributed by atoms with van der Waals surface area (Å²) in [6.07, 6.45) is 5.09. The van der Waals surface area contributed by atoms with Gasteiger partial charge in [0.15, 0.2) is 0 Å². The quantitative estimate of drug-likeness (QED) is 0.690. The summed E-state index contributed by atoms with van der Waals surface area (Å²) in [7, 11) is 0. The minimum Gasteiger partial charge on any atom is -0.380 e. The molecule has 0 bridgehead atoms. The molecule has 16 heavy (non-hydrogen) atoms. The maximum Gasteiger partial charge on any atom is 0.0622 e. The molecule has 0 aromatic heterocycles. The van der Waals surface area contributed by atoms with Gasteiger partial charge in [-0.2, -0.15) is 0 Å². The van der Waals surface area contributed by atoms with Gasteiger partial charge in [0, 0.05) is 12.6 Å². The summed E-state index contributed by atoms with van der Waals surface area (Å²) in [5, 5.41) is 0. The summed E-state index contributed by atoms with van der Waals surface area (Å²) >= 11 is 0. The van der Waals surface area contributed by atoms with Crippen LogP contribution in [0.3, 0.4) is 0 Å². The van der Waals surface area contributed by atoms with E-state index in [1.807, 2.05) is 0 Å². The predicted molar refractivity (Wildman–Crippen MR) is 71.6 cm³/mol. The lowest BCUT2D eigenvalue weighted by atomic mass is 9.88. The van der Waals surface area contributed by atoms with E-state index >= 15 is 0 Å². The molecular formula is C14H31NO. The van der Waals surface area contributed by atoms with Crippen LogP contribution in [0, 0.1) is 11.3 Å². The first kappa shape index (κ1) is 15.9. The van der Waals surface area contributed by atoms with Gasteiger partial charge in [-0.3, -0.25) is 0 Å². The standard InChI is InChI=1S/C14H31NO/c1-6-8-9-12(7-2)10-16-11-13(15)14(3,4)5/h12-13H,6-11,15H2,1-5H3. The van der Waals surface area contributed by atoms with Gasteiger partial charge in [0.2, 0.25) is 0 Å². The Balaban J connectivity index is 3.69. The molecule has 0 heterocycles. The Morgan fingerprint density at radius 1 is 1.12 bits per heavy atom. The third-order valence-corrected chi connectivity index (χ3v) is 3.31. The number of hydrogen-bond donors (Lipinski definition) is 1. The second-order valence-corrected chi connectivity index (χ2v) is 5.93. The highest BCUT2D eigenvalue weighted by molar-refractivity contribution is 4.76. The molecule has 0 radical (unpaired) electrons. The molecule has 0 amide bonds. The van der Waals surface area contributed by atoms with Crippen LogP contribution in [-0.2, 0) is 4.74 Å². The van der Waals surface area contributed by atoms with E-state index in [1.165, 1.54) is 25.7 Å². The zero-order valence-electron chi connectivity index (χ0n) is 11.9. The summed E-state index contributed by atoms with van der Waals surface area (Å²) < 4.78 is 5.75. The molecule has 2 nitrogen and oxygen atoms in total. The Morgan fingerprint density at radius 3 is 2.19 bits per heavy atom. The van der Waals surface area contributed by atoms with Crippen LogP contribution in [0.1, 0.15) is 60.3 Å². The van der Waals surface area contributed by atoms with Gasteiger partial charge in [0.05, 0.1) is 6.61 Å². The first-order chi connectivity index (χ1) is 7.41. The molecule has 0 aromatic rings. The number of ether oxygens (including phenoxy) is 1. The SMILES string of the molecule is CCCCC(CC)COCC(N)C(C)(C)C. The van der Waals surface area contributed by atoms with Gasteiger partial charge in [-0.15, -0.1) is 0 Å². The molecule has 0 aromatic carbocycles. The highest BCUT2D eigenvalue weighted by Crippen LogP contribution is 2.18. The first-order valence-corrected chi connectivity index (χ1v) is 6.75. The van der Waals surface area contributed by atoms with Crippen LogP contribution < -0.4 is 5.73 Å². The second-order valence-electron chi connectivity index (χ2n) is 5.93. The largest absolute Gasteiger partial charge is 0.380 e. The minimum atomic E-state index is 0.135. The average Bonchev–Trinajstić information content (AvgIpc) is 2.21. The topological polar surface area (TPSA) is 35.2 Å². The van der Waals surface area contributed by atoms with Crippen molar-refractivity contribution in [3.05, 3.63) is 0 Å². The molecule has 98 valence electrons. The smallest absolute Gasteiger partial charge is 0.0622 e. The molecule has 0 aliphatic carbocycles. The molecule has 0 saturated heterocycles. The van der Waals surface area contributed by atoms with Gasteiger partial charge in [-0.1, -0.05) is 53.9 Å². The van der Waals surface area contributed by atoms with E-state index in [9.17, 15) is 0 Å². The lowest BCUT2D eigenvalue weighted by Crippen LogP contribution is -2.39. The zero-order valence-corrected chi connectivity index (χ0v) is 11.9. The van der Waals surface area contributed by atoms with E-state index in [2.05, 4.69) is 34.6 Å². The van der Waals surface area contributed by atoms with E-state index in [0.29, 0.717) is 12.5 Å². The van der Waals surface area contributed by atoms with Crippen molar-refractivity contribution in [2.24, 2.45) is 17.1 Å². The van der Waals surface area contributed by atoms with Crippen molar-refractivity contribution in [3.8, 4) is 0 Å². The van der Waals surface area contributed by atoms with Gasteiger partial charge in [-0.05, 0) is 17.8 Å². The van der Waals surface area contributed by atoms with E-state index in [0.717, 1.165) is 6.61 Å². The van der Waals surface area contributed by atoms with Gasteiger partial charge in [0.1, 0.15) is 0 Å². The fourth-order valence-electron chi connectivity index (χ4n) is 1.51. The fraction of sp³-hybridized carbons (Fsp3) is 1.00. The number of nitrogens with two attached hydrogens (primary N) is 1. The molecule has 0 fully saturated rings. The van der Waals surface area contributed by atoms with Crippen molar-refractivity contribution in [1.82, 2.24) is 0 Å². The number of rotatable bonds is 8. The van der Waals surface area contributed by atoms with E-state index < -0.39 is 0 Å². The summed E-state index contributed by atoms with van der Waals surface area (Å²) in [5.74, 6) is 0.715. The lowest BCUT2D eigenvalue weighted by molar-refractivity contribution is 0.0616. The summed E-state index contributed by atoms with van der Waals surface area (Å²) in [6.45, 7) is 12.5. The van der Waals surface area contributed by atoms with Crippen molar-refractivity contribution >= 4 is 0 Å². The van der Waals surface area contributed by atoms with Crippen LogP contribution in [0.2, 0.25) is 0 Å². The van der Waals surface area contributed by atoms with E-state index in [-0.39, 0.29) is 11.5 Å². The first-order valence-electron chi connectivity index (χ1n) is 6.75. The monoisotopic (exact) mass is 229 g/mol. The summed E-state index contributed by atoms with van der Waals surface area (Å²) in [6, 6.07) is 0.135. The minimum absolute atomic E-state index is 0.135. The number of hydrogen-bond acceptors (Lipinski definition) is 2. The molecule has 0 aliphatic heterocycles. The summed E-state index contributed by atoms with van der Waals surface area (Å²) in [4.78, 5) is 0. The Morgan fingerprint density at radius 2 is 1.75 bits per heavy atom. The van der Waals surface area contributed by atoms with Crippen LogP contribution in [0.5, 0.6) is 0 Å². The van der Waals surface area contributed by atoms with Crippen LogP contribution in [0.4, 0.5) is 0 Å². The molecule has 0 spiro atoms. The van der Waals surface area contributed by atoms with Gasteiger partial charge < -0.3 is 10.5 Å². The Hall–Kier alpha value is -0.0800. The third-order valence-electron chi connectivity index (χ3n) is 3.31. The molecule has 2 heteroatoms. The molecule has 0 saturated carbocycles. The zero-order chi connectivity index (χ0) is 12.6. The normalized spacial score (nSPS) is 16.1. The van der Waals surface area contributed by atoms with Crippen LogP contribution in [0.15, 0.2) is 0 Å². The number of unbranched alkanes of at least 4 members (excludes halogenated alkanes) is 1. The van der Waals surface area contributed by atoms with Gasteiger partial charge in [0.25, 0.3) is 0 Å². The van der Waals surface area contributed by atoms with Crippen molar-refractivity contribution in [2.45, 2.75) is 66.3 Å². The molecule has 2 N–H and O–H groups in total. The molecule has 0 aliphatic rings. The highest BCUT2D eigenvalue weighted by atomic mass is 16.5. The Kier molecular flexibility index (Phi) is 8.04. The Labute approximate surface area is 102 Å². The third kappa shape index (κ3) is 7.24. The predicted octanol–water partition coefficient (Wildman–Crippen LogP) is 3.59. The maximum atomic E-state index is 6.05. The van der Waals surface area contributed by atoms with Crippen molar-refractivity contribution in [1.29, 1.82) is 0 Å². The molecule has 2 atom stereocenters. The maximum absolute atomic E-state index is 6.05. The molecule has 2 unspecified atom stereocenters. The highest BCUT2D eigenvalue weighted by Gasteiger charge is 2.20. The van der Waals surface area contributed by atoms with Gasteiger partial charge >= 0.3 is 0 Å². The van der Waals surface area contributed by atoms with E-state index in [1.54, 1.807) is 0 Å². The second kappa shape index (κ2) is 8.08. The fourth-order valence-corrected chi connectivity index (χ4v) is 1.51. The summed E-state index contributed by atoms with van der Waals surface area (Å²) in [5.41, 5.74) is 6.20. The van der Waals surface area contributed by atoms with Crippen molar-refractivity contribution < 1.29 is 4.74 Å². The van der Waals surface area contributed by atoms with Crippen molar-refractivity contribution in [2.75, 3.05) is 13.2 Å². The van der Waals surface area contributed by atoms with Crippen LogP contribution in [0.25, 0.3) is 0 Å².